The molecular formula is C14H10ClN3O. The number of benzene rings is 2. The molecule has 2 aromatic carbocycles. The van der Waals surface area contributed by atoms with Crippen molar-refractivity contribution in [2.75, 3.05) is 5.73 Å². The monoisotopic (exact) mass is 271 g/mol. The van der Waals surface area contributed by atoms with Gasteiger partial charge >= 0.3 is 0 Å². The number of nitrogens with two attached hydrogens (primary N) is 1. The van der Waals surface area contributed by atoms with E-state index < -0.39 is 0 Å². The molecule has 0 bridgehead atoms. The van der Waals surface area contributed by atoms with Gasteiger partial charge in [-0.25, -0.2) is 0 Å². The Kier molecular flexibility index (Phi) is 2.93. The second-order valence-electron chi connectivity index (χ2n) is 4.01. The summed E-state index contributed by atoms with van der Waals surface area (Å²) in [6, 6.07) is 14.7. The van der Waals surface area contributed by atoms with Crippen LogP contribution < -0.4 is 5.73 Å². The smallest absolute Gasteiger partial charge is 0.250 e. The fourth-order valence-corrected chi connectivity index (χ4v) is 1.92. The molecule has 0 atom stereocenters. The summed E-state index contributed by atoms with van der Waals surface area (Å²) in [6.45, 7) is 0. The molecule has 4 nitrogen and oxygen atoms in total. The van der Waals surface area contributed by atoms with Gasteiger partial charge in [-0.2, -0.15) is 0 Å². The SMILES string of the molecule is Nc1ccc(Cl)cc1-c1nnc(-c2ccccc2)o1. The Morgan fingerprint density at radius 1 is 0.947 bits per heavy atom. The van der Waals surface area contributed by atoms with Crippen LogP contribution in [0, 0.1) is 0 Å². The van der Waals surface area contributed by atoms with E-state index in [2.05, 4.69) is 10.2 Å². The van der Waals surface area contributed by atoms with Gasteiger partial charge in [-0.3, -0.25) is 0 Å². The van der Waals surface area contributed by atoms with E-state index in [9.17, 15) is 0 Å². The van der Waals surface area contributed by atoms with Crippen LogP contribution in [0.15, 0.2) is 52.9 Å². The molecular weight excluding hydrogens is 262 g/mol. The van der Waals surface area contributed by atoms with Gasteiger partial charge in [-0.05, 0) is 30.3 Å². The average Bonchev–Trinajstić information content (AvgIpc) is 2.92. The quantitative estimate of drug-likeness (QED) is 0.723. The standard InChI is InChI=1S/C14H10ClN3O/c15-10-6-7-12(16)11(8-10)14-18-17-13(19-14)9-4-2-1-3-5-9/h1-8H,16H2. The lowest BCUT2D eigenvalue weighted by Gasteiger charge is -2.00. The van der Waals surface area contributed by atoms with E-state index in [1.165, 1.54) is 0 Å². The maximum atomic E-state index is 5.95. The van der Waals surface area contributed by atoms with Gasteiger partial charge in [-0.15, -0.1) is 10.2 Å². The predicted molar refractivity (Wildman–Crippen MR) is 74.6 cm³/mol. The van der Waals surface area contributed by atoms with Crippen LogP contribution in [0.25, 0.3) is 22.9 Å². The van der Waals surface area contributed by atoms with E-state index in [4.69, 9.17) is 21.8 Å². The molecule has 0 amide bonds. The van der Waals surface area contributed by atoms with Gasteiger partial charge in [0.25, 0.3) is 0 Å². The number of aromatic nitrogens is 2. The third-order valence-corrected chi connectivity index (χ3v) is 2.93. The molecule has 0 saturated heterocycles. The van der Waals surface area contributed by atoms with Crippen molar-refractivity contribution in [1.29, 1.82) is 0 Å². The van der Waals surface area contributed by atoms with Crippen molar-refractivity contribution < 1.29 is 4.42 Å². The average molecular weight is 272 g/mol. The molecule has 0 aliphatic heterocycles. The lowest BCUT2D eigenvalue weighted by atomic mass is 10.2. The van der Waals surface area contributed by atoms with E-state index in [0.717, 1.165) is 5.56 Å². The fourth-order valence-electron chi connectivity index (χ4n) is 1.74. The molecule has 3 aromatic rings. The predicted octanol–water partition coefficient (Wildman–Crippen LogP) is 3.64. The summed E-state index contributed by atoms with van der Waals surface area (Å²) in [4.78, 5) is 0. The van der Waals surface area contributed by atoms with Gasteiger partial charge in [0.05, 0.1) is 5.56 Å². The number of halogens is 1. The Morgan fingerprint density at radius 2 is 1.68 bits per heavy atom. The van der Waals surface area contributed by atoms with Gasteiger partial charge in [-0.1, -0.05) is 29.8 Å². The highest BCUT2D eigenvalue weighted by Crippen LogP contribution is 2.29. The minimum Gasteiger partial charge on any atom is -0.416 e. The van der Waals surface area contributed by atoms with Crippen molar-refractivity contribution in [2.45, 2.75) is 0 Å². The number of anilines is 1. The highest BCUT2D eigenvalue weighted by atomic mass is 35.5. The molecule has 0 unspecified atom stereocenters. The summed E-state index contributed by atoms with van der Waals surface area (Å²) in [5.41, 5.74) is 7.94. The van der Waals surface area contributed by atoms with E-state index in [1.54, 1.807) is 18.2 Å². The Balaban J connectivity index is 2.04. The zero-order valence-corrected chi connectivity index (χ0v) is 10.6. The Hall–Kier alpha value is -2.33. The molecule has 1 aromatic heterocycles. The summed E-state index contributed by atoms with van der Waals surface area (Å²) in [6.07, 6.45) is 0. The molecule has 0 spiro atoms. The van der Waals surface area contributed by atoms with Crippen LogP contribution >= 0.6 is 11.6 Å². The molecule has 5 heteroatoms. The molecule has 94 valence electrons. The number of nitrogens with zero attached hydrogens (tertiary/aromatic N) is 2. The first-order valence-electron chi connectivity index (χ1n) is 5.68. The maximum absolute atomic E-state index is 5.95. The van der Waals surface area contributed by atoms with E-state index >= 15 is 0 Å². The van der Waals surface area contributed by atoms with Crippen LogP contribution in [0.5, 0.6) is 0 Å². The minimum atomic E-state index is 0.360. The lowest BCUT2D eigenvalue weighted by molar-refractivity contribution is 0.585. The van der Waals surface area contributed by atoms with Crippen molar-refractivity contribution in [3.63, 3.8) is 0 Å². The highest BCUT2D eigenvalue weighted by Gasteiger charge is 2.12. The largest absolute Gasteiger partial charge is 0.416 e. The zero-order chi connectivity index (χ0) is 13.2. The van der Waals surface area contributed by atoms with Gasteiger partial charge in [0.1, 0.15) is 0 Å². The molecule has 19 heavy (non-hydrogen) atoms. The lowest BCUT2D eigenvalue weighted by Crippen LogP contribution is -1.89. The van der Waals surface area contributed by atoms with Gasteiger partial charge in [0.2, 0.25) is 11.8 Å². The summed E-state index contributed by atoms with van der Waals surface area (Å²) in [5.74, 6) is 0.814. The van der Waals surface area contributed by atoms with Crippen LogP contribution in [0.4, 0.5) is 5.69 Å². The summed E-state index contributed by atoms with van der Waals surface area (Å²) < 4.78 is 5.63. The van der Waals surface area contributed by atoms with Gasteiger partial charge < -0.3 is 10.2 Å². The molecule has 1 heterocycles. The van der Waals surface area contributed by atoms with Crippen LogP contribution in [-0.4, -0.2) is 10.2 Å². The molecule has 0 radical (unpaired) electrons. The van der Waals surface area contributed by atoms with Crippen LogP contribution in [0.3, 0.4) is 0 Å². The van der Waals surface area contributed by atoms with Crippen molar-refractivity contribution in [3.8, 4) is 22.9 Å². The van der Waals surface area contributed by atoms with E-state index in [1.807, 2.05) is 30.3 Å². The third-order valence-electron chi connectivity index (χ3n) is 2.69. The fraction of sp³-hybridized carbons (Fsp3) is 0. The van der Waals surface area contributed by atoms with E-state index in [0.29, 0.717) is 28.1 Å². The topological polar surface area (TPSA) is 64.9 Å². The van der Waals surface area contributed by atoms with Crippen LogP contribution in [0.1, 0.15) is 0 Å². The third kappa shape index (κ3) is 2.30. The second kappa shape index (κ2) is 4.74. The Morgan fingerprint density at radius 3 is 2.47 bits per heavy atom. The molecule has 0 fully saturated rings. The summed E-state index contributed by atoms with van der Waals surface area (Å²) >= 11 is 5.95. The van der Waals surface area contributed by atoms with Crippen molar-refractivity contribution in [3.05, 3.63) is 53.6 Å². The normalized spacial score (nSPS) is 10.6. The van der Waals surface area contributed by atoms with Crippen LogP contribution in [0.2, 0.25) is 5.02 Å². The number of rotatable bonds is 2. The molecule has 0 aliphatic rings. The molecule has 0 saturated carbocycles. The molecule has 3 rings (SSSR count). The van der Waals surface area contributed by atoms with Crippen LogP contribution in [-0.2, 0) is 0 Å². The van der Waals surface area contributed by atoms with Gasteiger partial charge in [0.15, 0.2) is 0 Å². The number of hydrogen-bond donors (Lipinski definition) is 1. The Labute approximate surface area is 114 Å². The first-order chi connectivity index (χ1) is 9.24. The van der Waals surface area contributed by atoms with E-state index in [-0.39, 0.29) is 0 Å². The second-order valence-corrected chi connectivity index (χ2v) is 4.45. The highest BCUT2D eigenvalue weighted by molar-refractivity contribution is 6.31. The molecule has 0 aliphatic carbocycles. The number of nitrogen functional groups attached to an aromatic ring is 1. The maximum Gasteiger partial charge on any atom is 0.250 e. The molecule has 2 N–H and O–H groups in total. The first kappa shape index (κ1) is 11.7. The summed E-state index contributed by atoms with van der Waals surface area (Å²) in [7, 11) is 0. The van der Waals surface area contributed by atoms with Gasteiger partial charge in [0, 0.05) is 16.3 Å². The summed E-state index contributed by atoms with van der Waals surface area (Å²) in [5, 5.41) is 8.60. The first-order valence-corrected chi connectivity index (χ1v) is 6.06. The number of hydrogen-bond acceptors (Lipinski definition) is 4. The van der Waals surface area contributed by atoms with Crippen molar-refractivity contribution in [1.82, 2.24) is 10.2 Å². The minimum absolute atomic E-state index is 0.360. The van der Waals surface area contributed by atoms with Crippen molar-refractivity contribution in [2.24, 2.45) is 0 Å². The Bertz CT molecular complexity index is 710. The zero-order valence-electron chi connectivity index (χ0n) is 9.88. The van der Waals surface area contributed by atoms with Crippen molar-refractivity contribution >= 4 is 17.3 Å².